The van der Waals surface area contributed by atoms with Crippen molar-refractivity contribution in [2.75, 3.05) is 19.8 Å². The van der Waals surface area contributed by atoms with Gasteiger partial charge in [-0.2, -0.15) is 0 Å². The van der Waals surface area contributed by atoms with Crippen molar-refractivity contribution in [3.63, 3.8) is 0 Å². The van der Waals surface area contributed by atoms with Gasteiger partial charge in [0.2, 0.25) is 5.91 Å². The normalized spacial score (nSPS) is 24.7. The van der Waals surface area contributed by atoms with Gasteiger partial charge < -0.3 is 65.1 Å². The molecule has 14 heteroatoms. The number of carbonyl (C=O) groups excluding carboxylic acids is 1. The summed E-state index contributed by atoms with van der Waals surface area (Å²) in [5.74, 6) is -0.283. The maximum absolute atomic E-state index is 13.2. The maximum atomic E-state index is 13.2. The van der Waals surface area contributed by atoms with Crippen molar-refractivity contribution in [2.45, 2.75) is 248 Å². The van der Waals surface area contributed by atoms with E-state index in [0.29, 0.717) is 12.8 Å². The fourth-order valence-corrected chi connectivity index (χ4v) is 9.02. The highest BCUT2D eigenvalue weighted by molar-refractivity contribution is 5.76. The van der Waals surface area contributed by atoms with Crippen molar-refractivity contribution in [1.82, 2.24) is 5.32 Å². The summed E-state index contributed by atoms with van der Waals surface area (Å²) in [6.07, 6.45) is 67.0. The molecule has 0 aliphatic carbocycles. The van der Waals surface area contributed by atoms with Crippen LogP contribution >= 0.6 is 0 Å². The topological polar surface area (TPSA) is 228 Å². The number of amides is 1. The summed E-state index contributed by atoms with van der Waals surface area (Å²) in [4.78, 5) is 13.2. The molecule has 0 saturated carbocycles. The molecule has 2 aliphatic rings. The molecule has 0 spiro atoms. The molecular weight excluding hydrogens is 1070 g/mol. The van der Waals surface area contributed by atoms with Crippen LogP contribution in [0.3, 0.4) is 0 Å². The average Bonchev–Trinajstić information content (AvgIpc) is 3.60. The zero-order valence-corrected chi connectivity index (χ0v) is 51.5. The van der Waals surface area contributed by atoms with Crippen LogP contribution < -0.4 is 5.32 Å². The summed E-state index contributed by atoms with van der Waals surface area (Å²) >= 11 is 0. The van der Waals surface area contributed by atoms with Crippen molar-refractivity contribution in [3.8, 4) is 0 Å². The summed E-state index contributed by atoms with van der Waals surface area (Å²) < 4.78 is 22.7. The lowest BCUT2D eigenvalue weighted by molar-refractivity contribution is -0.359. The van der Waals surface area contributed by atoms with Gasteiger partial charge >= 0.3 is 0 Å². The van der Waals surface area contributed by atoms with Crippen molar-refractivity contribution < 1.29 is 64.6 Å². The molecule has 0 aromatic heterocycles. The zero-order chi connectivity index (χ0) is 61.6. The molecule has 0 bridgehead atoms. The monoisotopic (exact) mass is 1190 g/mol. The Kier molecular flexibility index (Phi) is 48.2. The second-order valence-electron chi connectivity index (χ2n) is 21.4. The summed E-state index contributed by atoms with van der Waals surface area (Å²) in [5, 5.41) is 86.9. The summed E-state index contributed by atoms with van der Waals surface area (Å²) in [5.41, 5.74) is 0. The number of unbranched alkanes of at least 4 members (excludes halogenated alkanes) is 9. The molecule has 0 radical (unpaired) electrons. The number of nitrogens with one attached hydrogen (secondary N) is 1. The van der Waals surface area contributed by atoms with E-state index in [1.807, 2.05) is 6.08 Å². The standard InChI is InChI=1S/C71H111NO13/c1-3-5-7-9-11-13-15-17-18-19-20-21-22-23-24-25-26-27-28-29-30-31-32-33-34-35-36-37-38-39-40-41-42-43-45-47-49-51-53-55-63(76)72-59(60(75)54-52-50-48-46-44-16-14-12-10-8-6-4-2)58-82-70-68(81)66(79)69(62(57-74)84-70)85-71-67(80)65(78)64(77)61(56-73)83-71/h5,7,10-13,17-18,20-21,23-24,26-27,29-30,32-33,35-36,38-39,41-42,44,46,52,54,59-62,64-71,73-75,77-81H,3-4,6,8-9,14-16,19,22,25,28,31,34,37,40,43,45,47-51,53,55-58H2,1-2H3,(H,72,76)/b7-5-,12-10+,13-11-,18-17-,21-20-,24-23-,27-26-,30-29-,33-32-,36-35-,39-38-,42-41-,46-44+,54-52+. The van der Waals surface area contributed by atoms with Crippen LogP contribution in [0.15, 0.2) is 170 Å². The van der Waals surface area contributed by atoms with Gasteiger partial charge in [0.15, 0.2) is 12.6 Å². The maximum Gasteiger partial charge on any atom is 0.220 e. The molecule has 12 unspecified atom stereocenters. The van der Waals surface area contributed by atoms with Crippen LogP contribution in [0.5, 0.6) is 0 Å². The SMILES string of the molecule is CC/C=C\C/C=C\C/C=C\C/C=C\C/C=C\C/C=C\C/C=C\C/C=C\C/C=C\C/C=C\C/C=C\CCCCCCCC(=O)NC(COC1OC(CO)C(OC2OC(CO)C(O)C(O)C2O)C(O)C1O)C(O)/C=C/CC/C=C/CC/C=C/CCCC. The fourth-order valence-electron chi connectivity index (χ4n) is 9.02. The van der Waals surface area contributed by atoms with Crippen LogP contribution in [0.2, 0.25) is 0 Å². The van der Waals surface area contributed by atoms with Gasteiger partial charge in [-0.25, -0.2) is 0 Å². The Morgan fingerprint density at radius 1 is 0.435 bits per heavy atom. The summed E-state index contributed by atoms with van der Waals surface area (Å²) in [6, 6.07) is -0.961. The van der Waals surface area contributed by atoms with E-state index >= 15 is 0 Å². The van der Waals surface area contributed by atoms with Crippen LogP contribution in [-0.2, 0) is 23.7 Å². The van der Waals surface area contributed by atoms with E-state index in [1.165, 1.54) is 12.8 Å². The number of aliphatic hydroxyl groups is 8. The molecule has 9 N–H and O–H groups in total. The van der Waals surface area contributed by atoms with E-state index in [9.17, 15) is 45.6 Å². The third-order valence-corrected chi connectivity index (χ3v) is 14.1. The third kappa shape index (κ3) is 38.3. The first-order chi connectivity index (χ1) is 41.6. The highest BCUT2D eigenvalue weighted by Crippen LogP contribution is 2.30. The quantitative estimate of drug-likeness (QED) is 0.0204. The van der Waals surface area contributed by atoms with E-state index in [2.05, 4.69) is 177 Å². The lowest BCUT2D eigenvalue weighted by Crippen LogP contribution is -2.65. The number of allylic oxidation sites excluding steroid dienone is 27. The van der Waals surface area contributed by atoms with Crippen molar-refractivity contribution in [3.05, 3.63) is 170 Å². The molecule has 2 rings (SSSR count). The highest BCUT2D eigenvalue weighted by Gasteiger charge is 2.51. The van der Waals surface area contributed by atoms with Gasteiger partial charge in [0.1, 0.15) is 48.8 Å². The minimum atomic E-state index is -1.80. The first kappa shape index (κ1) is 76.4. The van der Waals surface area contributed by atoms with Crippen LogP contribution in [0, 0.1) is 0 Å². The molecule has 2 fully saturated rings. The minimum Gasteiger partial charge on any atom is -0.394 e. The smallest absolute Gasteiger partial charge is 0.220 e. The highest BCUT2D eigenvalue weighted by atomic mass is 16.7. The number of hydrogen-bond donors (Lipinski definition) is 9. The predicted molar refractivity (Wildman–Crippen MR) is 345 cm³/mol. The average molecular weight is 1190 g/mol. The molecule has 85 heavy (non-hydrogen) atoms. The molecule has 0 aromatic rings. The van der Waals surface area contributed by atoms with Crippen molar-refractivity contribution in [2.24, 2.45) is 0 Å². The largest absolute Gasteiger partial charge is 0.394 e. The lowest BCUT2D eigenvalue weighted by Gasteiger charge is -2.46. The number of ether oxygens (including phenoxy) is 4. The summed E-state index contributed by atoms with van der Waals surface area (Å²) in [6.45, 7) is 2.55. The zero-order valence-electron chi connectivity index (χ0n) is 51.5. The van der Waals surface area contributed by atoms with Crippen molar-refractivity contribution in [1.29, 1.82) is 0 Å². The molecule has 0 aromatic carbocycles. The van der Waals surface area contributed by atoms with Gasteiger partial charge in [0, 0.05) is 6.42 Å². The molecule has 2 heterocycles. The summed E-state index contributed by atoms with van der Waals surface area (Å²) in [7, 11) is 0. The van der Waals surface area contributed by atoms with E-state index in [-0.39, 0.29) is 18.9 Å². The first-order valence-corrected chi connectivity index (χ1v) is 31.9. The molecule has 2 aliphatic heterocycles. The Bertz CT molecular complexity index is 2080. The van der Waals surface area contributed by atoms with Gasteiger partial charge in [0.25, 0.3) is 0 Å². The van der Waals surface area contributed by atoms with Crippen LogP contribution in [0.25, 0.3) is 0 Å². The van der Waals surface area contributed by atoms with Crippen molar-refractivity contribution >= 4 is 5.91 Å². The Morgan fingerprint density at radius 2 is 0.824 bits per heavy atom. The number of hydrogen-bond acceptors (Lipinski definition) is 13. The lowest BCUT2D eigenvalue weighted by atomic mass is 9.97. The van der Waals surface area contributed by atoms with Crippen LogP contribution in [0.4, 0.5) is 0 Å². The van der Waals surface area contributed by atoms with Crippen LogP contribution in [0.1, 0.15) is 174 Å². The molecule has 12 atom stereocenters. The second kappa shape index (κ2) is 53.6. The Hall–Kier alpha value is -4.65. The molecule has 2 saturated heterocycles. The molecule has 14 nitrogen and oxygen atoms in total. The van der Waals surface area contributed by atoms with E-state index in [0.717, 1.165) is 128 Å². The number of rotatable bonds is 48. The van der Waals surface area contributed by atoms with E-state index < -0.39 is 86.8 Å². The Morgan fingerprint density at radius 3 is 1.29 bits per heavy atom. The van der Waals surface area contributed by atoms with Gasteiger partial charge in [-0.05, 0) is 122 Å². The van der Waals surface area contributed by atoms with E-state index in [1.54, 1.807) is 6.08 Å². The van der Waals surface area contributed by atoms with Gasteiger partial charge in [-0.15, -0.1) is 0 Å². The molecule has 1 amide bonds. The fraction of sp³-hybridized carbons (Fsp3) is 0.592. The van der Waals surface area contributed by atoms with Gasteiger partial charge in [-0.3, -0.25) is 4.79 Å². The second-order valence-corrected chi connectivity index (χ2v) is 21.4. The minimum absolute atomic E-state index is 0.235. The number of carbonyl (C=O) groups is 1. The van der Waals surface area contributed by atoms with E-state index in [4.69, 9.17) is 18.9 Å². The van der Waals surface area contributed by atoms with Crippen LogP contribution in [-0.4, -0.2) is 140 Å². The number of aliphatic hydroxyl groups excluding tert-OH is 8. The third-order valence-electron chi connectivity index (χ3n) is 14.1. The molecular formula is C71H111NO13. The van der Waals surface area contributed by atoms with Gasteiger partial charge in [0.05, 0.1) is 32.0 Å². The van der Waals surface area contributed by atoms with Gasteiger partial charge in [-0.1, -0.05) is 216 Å². The molecule has 478 valence electrons. The Balaban J connectivity index is 1.66. The Labute approximate surface area is 511 Å². The first-order valence-electron chi connectivity index (χ1n) is 31.9. The predicted octanol–water partition coefficient (Wildman–Crippen LogP) is 12.1.